The molecule has 1 fully saturated rings. The van der Waals surface area contributed by atoms with Gasteiger partial charge in [0.05, 0.1) is 18.6 Å². The van der Waals surface area contributed by atoms with Gasteiger partial charge in [-0.2, -0.15) is 0 Å². The Bertz CT molecular complexity index is 373. The number of esters is 1. The van der Waals surface area contributed by atoms with E-state index in [1.807, 2.05) is 20.8 Å². The molecule has 1 saturated heterocycles. The van der Waals surface area contributed by atoms with Gasteiger partial charge in [-0.1, -0.05) is 27.7 Å². The van der Waals surface area contributed by atoms with Crippen molar-refractivity contribution >= 4 is 11.9 Å². The van der Waals surface area contributed by atoms with Crippen molar-refractivity contribution in [3.05, 3.63) is 0 Å². The van der Waals surface area contributed by atoms with Crippen molar-refractivity contribution in [2.24, 2.45) is 11.3 Å². The van der Waals surface area contributed by atoms with Crippen LogP contribution in [0.1, 0.15) is 47.0 Å². The Kier molecular flexibility index (Phi) is 6.16. The SMILES string of the molecule is CC(CCC(=O)OC1CC(C(C)(C)C)OC1CO)C(=O)O. The van der Waals surface area contributed by atoms with Crippen molar-refractivity contribution < 1.29 is 29.3 Å². The van der Waals surface area contributed by atoms with Crippen LogP contribution in [-0.2, 0) is 19.1 Å². The fourth-order valence-electron chi connectivity index (χ4n) is 2.24. The molecule has 1 aliphatic heterocycles. The van der Waals surface area contributed by atoms with Crippen LogP contribution in [-0.4, -0.2) is 47.1 Å². The van der Waals surface area contributed by atoms with Gasteiger partial charge in [-0.25, -0.2) is 0 Å². The molecular weight excluding hydrogens is 276 g/mol. The maximum Gasteiger partial charge on any atom is 0.306 e. The van der Waals surface area contributed by atoms with Gasteiger partial charge < -0.3 is 19.7 Å². The van der Waals surface area contributed by atoms with E-state index in [1.165, 1.54) is 0 Å². The molecule has 0 aromatic rings. The van der Waals surface area contributed by atoms with Crippen LogP contribution in [0.2, 0.25) is 0 Å². The van der Waals surface area contributed by atoms with E-state index < -0.39 is 30.1 Å². The number of carboxylic acid groups (broad SMARTS) is 1. The molecule has 0 aliphatic carbocycles. The largest absolute Gasteiger partial charge is 0.481 e. The van der Waals surface area contributed by atoms with Gasteiger partial charge in [0.25, 0.3) is 0 Å². The Labute approximate surface area is 125 Å². The van der Waals surface area contributed by atoms with Crippen molar-refractivity contribution in [3.63, 3.8) is 0 Å². The lowest BCUT2D eigenvalue weighted by molar-refractivity contribution is -0.153. The minimum absolute atomic E-state index is 0.0578. The third kappa shape index (κ3) is 5.28. The molecule has 0 spiro atoms. The smallest absolute Gasteiger partial charge is 0.306 e. The van der Waals surface area contributed by atoms with E-state index in [2.05, 4.69) is 0 Å². The molecular formula is C15H26O6. The molecule has 6 nitrogen and oxygen atoms in total. The summed E-state index contributed by atoms with van der Waals surface area (Å²) in [6.07, 6.45) is -0.196. The average molecular weight is 302 g/mol. The highest BCUT2D eigenvalue weighted by atomic mass is 16.6. The summed E-state index contributed by atoms with van der Waals surface area (Å²) >= 11 is 0. The first-order valence-corrected chi connectivity index (χ1v) is 7.33. The van der Waals surface area contributed by atoms with Crippen LogP contribution in [0.15, 0.2) is 0 Å². The van der Waals surface area contributed by atoms with Crippen LogP contribution in [0, 0.1) is 11.3 Å². The molecule has 1 heterocycles. The van der Waals surface area contributed by atoms with Crippen molar-refractivity contribution in [1.82, 2.24) is 0 Å². The van der Waals surface area contributed by atoms with Crippen LogP contribution < -0.4 is 0 Å². The molecule has 0 aromatic heterocycles. The van der Waals surface area contributed by atoms with E-state index in [1.54, 1.807) is 6.92 Å². The summed E-state index contributed by atoms with van der Waals surface area (Å²) in [5, 5.41) is 18.1. The lowest BCUT2D eigenvalue weighted by Gasteiger charge is -2.26. The van der Waals surface area contributed by atoms with E-state index in [0.717, 1.165) is 0 Å². The summed E-state index contributed by atoms with van der Waals surface area (Å²) in [6.45, 7) is 7.46. The van der Waals surface area contributed by atoms with Gasteiger partial charge in [-0.15, -0.1) is 0 Å². The molecule has 0 bridgehead atoms. The molecule has 0 amide bonds. The van der Waals surface area contributed by atoms with Crippen LogP contribution in [0.3, 0.4) is 0 Å². The molecule has 1 rings (SSSR count). The van der Waals surface area contributed by atoms with E-state index >= 15 is 0 Å². The van der Waals surface area contributed by atoms with Crippen molar-refractivity contribution in [3.8, 4) is 0 Å². The van der Waals surface area contributed by atoms with Gasteiger partial charge >= 0.3 is 11.9 Å². The zero-order valence-corrected chi connectivity index (χ0v) is 13.2. The molecule has 0 saturated carbocycles. The summed E-state index contributed by atoms with van der Waals surface area (Å²) < 4.78 is 11.1. The Hall–Kier alpha value is -1.14. The van der Waals surface area contributed by atoms with Gasteiger partial charge in [-0.05, 0) is 11.8 Å². The molecule has 122 valence electrons. The third-order valence-electron chi connectivity index (χ3n) is 3.83. The summed E-state index contributed by atoms with van der Waals surface area (Å²) in [5.41, 5.74) is -0.0909. The van der Waals surface area contributed by atoms with Crippen LogP contribution in [0.25, 0.3) is 0 Å². The second-order valence-electron chi connectivity index (χ2n) is 6.75. The first-order valence-electron chi connectivity index (χ1n) is 7.33. The fraction of sp³-hybridized carbons (Fsp3) is 0.867. The lowest BCUT2D eigenvalue weighted by atomic mass is 9.87. The highest BCUT2D eigenvalue weighted by molar-refractivity contribution is 5.73. The maximum atomic E-state index is 11.8. The number of carbonyl (C=O) groups excluding carboxylic acids is 1. The number of ether oxygens (including phenoxy) is 2. The Morgan fingerprint density at radius 2 is 2.00 bits per heavy atom. The van der Waals surface area contributed by atoms with E-state index in [9.17, 15) is 14.7 Å². The molecule has 0 radical (unpaired) electrons. The lowest BCUT2D eigenvalue weighted by Crippen LogP contribution is -2.30. The van der Waals surface area contributed by atoms with Crippen LogP contribution >= 0.6 is 0 Å². The number of aliphatic hydroxyl groups is 1. The number of hydrogen-bond acceptors (Lipinski definition) is 5. The standard InChI is InChI=1S/C15H26O6/c1-9(14(18)19)5-6-13(17)21-10-7-12(15(2,3)4)20-11(10)8-16/h9-12,16H,5-8H2,1-4H3,(H,18,19). The number of aliphatic hydroxyl groups excluding tert-OH is 1. The van der Waals surface area contributed by atoms with E-state index in [4.69, 9.17) is 14.6 Å². The molecule has 21 heavy (non-hydrogen) atoms. The fourth-order valence-corrected chi connectivity index (χ4v) is 2.24. The van der Waals surface area contributed by atoms with E-state index in [-0.39, 0.29) is 31.0 Å². The zero-order valence-electron chi connectivity index (χ0n) is 13.2. The molecule has 0 aromatic carbocycles. The van der Waals surface area contributed by atoms with Crippen molar-refractivity contribution in [2.75, 3.05) is 6.61 Å². The number of carbonyl (C=O) groups is 2. The minimum atomic E-state index is -0.923. The number of carboxylic acids is 1. The van der Waals surface area contributed by atoms with Gasteiger partial charge in [0.15, 0.2) is 0 Å². The summed E-state index contributed by atoms with van der Waals surface area (Å²) in [5.74, 6) is -1.94. The molecule has 4 atom stereocenters. The van der Waals surface area contributed by atoms with E-state index in [0.29, 0.717) is 6.42 Å². The second kappa shape index (κ2) is 7.22. The van der Waals surface area contributed by atoms with Crippen LogP contribution in [0.4, 0.5) is 0 Å². The number of aliphatic carboxylic acids is 1. The number of hydrogen-bond donors (Lipinski definition) is 2. The quantitative estimate of drug-likeness (QED) is 0.724. The topological polar surface area (TPSA) is 93.1 Å². The Balaban J connectivity index is 2.49. The Morgan fingerprint density at radius 3 is 2.48 bits per heavy atom. The van der Waals surface area contributed by atoms with Crippen molar-refractivity contribution in [1.29, 1.82) is 0 Å². The zero-order chi connectivity index (χ0) is 16.2. The average Bonchev–Trinajstić information content (AvgIpc) is 2.78. The first-order chi connectivity index (χ1) is 9.65. The summed E-state index contributed by atoms with van der Waals surface area (Å²) in [6, 6.07) is 0. The number of rotatable bonds is 6. The molecule has 6 heteroatoms. The van der Waals surface area contributed by atoms with Gasteiger partial charge in [0, 0.05) is 12.8 Å². The molecule has 2 N–H and O–H groups in total. The summed E-state index contributed by atoms with van der Waals surface area (Å²) in [4.78, 5) is 22.5. The maximum absolute atomic E-state index is 11.8. The Morgan fingerprint density at radius 1 is 1.38 bits per heavy atom. The second-order valence-corrected chi connectivity index (χ2v) is 6.75. The third-order valence-corrected chi connectivity index (χ3v) is 3.83. The van der Waals surface area contributed by atoms with Gasteiger partial charge in [0.2, 0.25) is 0 Å². The molecule has 4 unspecified atom stereocenters. The highest BCUT2D eigenvalue weighted by Gasteiger charge is 2.42. The molecule has 1 aliphatic rings. The van der Waals surface area contributed by atoms with Crippen LogP contribution in [0.5, 0.6) is 0 Å². The van der Waals surface area contributed by atoms with Gasteiger partial charge in [-0.3, -0.25) is 9.59 Å². The highest BCUT2D eigenvalue weighted by Crippen LogP contribution is 2.35. The first kappa shape index (κ1) is 17.9. The van der Waals surface area contributed by atoms with Crippen molar-refractivity contribution in [2.45, 2.75) is 65.3 Å². The monoisotopic (exact) mass is 302 g/mol. The summed E-state index contributed by atoms with van der Waals surface area (Å²) in [7, 11) is 0. The van der Waals surface area contributed by atoms with Gasteiger partial charge in [0.1, 0.15) is 12.2 Å². The predicted octanol–water partition coefficient (Wildman–Crippen LogP) is 1.59. The predicted molar refractivity (Wildman–Crippen MR) is 75.7 cm³/mol. The minimum Gasteiger partial charge on any atom is -0.481 e. The normalized spacial score (nSPS) is 27.4.